The smallest absolute Gasteiger partial charge is 0.0655 e. The molecule has 1 N–H and O–H groups in total. The number of benzene rings is 1. The molecular weight excluding hydrogens is 356 g/mol. The molecule has 100 valence electrons. The van der Waals surface area contributed by atoms with Crippen molar-refractivity contribution in [3.8, 4) is 0 Å². The molecule has 1 aliphatic rings. The van der Waals surface area contributed by atoms with Gasteiger partial charge < -0.3 is 10.2 Å². The number of rotatable bonds is 4. The summed E-state index contributed by atoms with van der Waals surface area (Å²) in [7, 11) is 0. The lowest BCUT2D eigenvalue weighted by atomic mass is 10.2. The van der Waals surface area contributed by atoms with Crippen LogP contribution in [0.3, 0.4) is 0 Å². The first-order valence-corrected chi connectivity index (χ1v) is 8.14. The third kappa shape index (κ3) is 3.28. The molecule has 2 nitrogen and oxygen atoms in total. The number of nitrogens with zero attached hydrogens (tertiary/aromatic N) is 1. The zero-order valence-corrected chi connectivity index (χ0v) is 14.1. The van der Waals surface area contributed by atoms with E-state index in [4.69, 9.17) is 0 Å². The molecule has 2 rings (SSSR count). The average Bonchev–Trinajstić information content (AvgIpc) is 2.73. The first-order chi connectivity index (χ1) is 8.61. The maximum absolute atomic E-state index is 3.69. The summed E-state index contributed by atoms with van der Waals surface area (Å²) in [4.78, 5) is 2.46. The number of hydrogen-bond acceptors (Lipinski definition) is 2. The topological polar surface area (TPSA) is 15.3 Å². The van der Waals surface area contributed by atoms with Gasteiger partial charge in [-0.1, -0.05) is 6.92 Å². The average molecular weight is 376 g/mol. The molecule has 1 heterocycles. The van der Waals surface area contributed by atoms with Crippen molar-refractivity contribution in [2.24, 2.45) is 0 Å². The van der Waals surface area contributed by atoms with Crippen molar-refractivity contribution in [1.29, 1.82) is 0 Å². The highest BCUT2D eigenvalue weighted by molar-refractivity contribution is 9.11. The molecule has 1 aromatic carbocycles. The molecule has 1 aromatic rings. The predicted octanol–water partition coefficient (Wildman–Crippen LogP) is 4.10. The second-order valence-corrected chi connectivity index (χ2v) is 6.67. The Kier molecular flexibility index (Phi) is 5.10. The number of halogens is 2. The Labute approximate surface area is 126 Å². The molecule has 0 bridgehead atoms. The maximum atomic E-state index is 3.69. The highest BCUT2D eigenvalue weighted by atomic mass is 79.9. The van der Waals surface area contributed by atoms with Crippen LogP contribution >= 0.6 is 31.9 Å². The summed E-state index contributed by atoms with van der Waals surface area (Å²) in [6.45, 7) is 7.68. The second kappa shape index (κ2) is 6.40. The lowest BCUT2D eigenvalue weighted by molar-refractivity contribution is 0.549. The number of anilines is 1. The van der Waals surface area contributed by atoms with E-state index in [-0.39, 0.29) is 0 Å². The molecule has 1 unspecified atom stereocenters. The summed E-state index contributed by atoms with van der Waals surface area (Å²) in [5.41, 5.74) is 2.57. The Hall–Kier alpha value is -0.0600. The molecule has 1 fully saturated rings. The zero-order valence-electron chi connectivity index (χ0n) is 11.0. The highest BCUT2D eigenvalue weighted by Gasteiger charge is 2.24. The van der Waals surface area contributed by atoms with Crippen LogP contribution in [0.1, 0.15) is 25.3 Å². The van der Waals surface area contributed by atoms with E-state index < -0.39 is 0 Å². The Bertz CT molecular complexity index is 397. The van der Waals surface area contributed by atoms with Crippen LogP contribution in [-0.4, -0.2) is 25.7 Å². The Balaban J connectivity index is 2.09. The van der Waals surface area contributed by atoms with Crippen molar-refractivity contribution in [3.05, 3.63) is 26.6 Å². The number of hydrogen-bond donors (Lipinski definition) is 1. The van der Waals surface area contributed by atoms with Gasteiger partial charge in [0.15, 0.2) is 0 Å². The fraction of sp³-hybridized carbons (Fsp3) is 0.571. The molecule has 18 heavy (non-hydrogen) atoms. The predicted molar refractivity (Wildman–Crippen MR) is 85.5 cm³/mol. The molecule has 1 aliphatic heterocycles. The van der Waals surface area contributed by atoms with E-state index in [9.17, 15) is 0 Å². The third-order valence-electron chi connectivity index (χ3n) is 3.35. The molecule has 1 saturated heterocycles. The van der Waals surface area contributed by atoms with Gasteiger partial charge in [0.2, 0.25) is 0 Å². The summed E-state index contributed by atoms with van der Waals surface area (Å²) in [5, 5.41) is 3.61. The number of aryl methyl sites for hydroxylation is 1. The minimum absolute atomic E-state index is 0.630. The summed E-state index contributed by atoms with van der Waals surface area (Å²) < 4.78 is 2.37. The van der Waals surface area contributed by atoms with E-state index >= 15 is 0 Å². The van der Waals surface area contributed by atoms with E-state index in [1.54, 1.807) is 0 Å². The van der Waals surface area contributed by atoms with Crippen LogP contribution in [0, 0.1) is 6.92 Å². The van der Waals surface area contributed by atoms with Gasteiger partial charge in [-0.15, -0.1) is 0 Å². The van der Waals surface area contributed by atoms with Gasteiger partial charge in [0.05, 0.1) is 5.69 Å². The van der Waals surface area contributed by atoms with Gasteiger partial charge in [-0.2, -0.15) is 0 Å². The summed E-state index contributed by atoms with van der Waals surface area (Å²) in [6.07, 6.45) is 2.43. The second-order valence-electron chi connectivity index (χ2n) is 4.96. The van der Waals surface area contributed by atoms with E-state index in [2.05, 4.69) is 68.1 Å². The van der Waals surface area contributed by atoms with Crippen molar-refractivity contribution in [2.45, 2.75) is 32.7 Å². The van der Waals surface area contributed by atoms with Crippen LogP contribution in [0.15, 0.2) is 21.1 Å². The normalized spacial score (nSPS) is 19.6. The molecule has 0 amide bonds. The van der Waals surface area contributed by atoms with Gasteiger partial charge in [-0.25, -0.2) is 0 Å². The van der Waals surface area contributed by atoms with Crippen LogP contribution < -0.4 is 10.2 Å². The van der Waals surface area contributed by atoms with E-state index in [0.717, 1.165) is 19.6 Å². The first-order valence-electron chi connectivity index (χ1n) is 6.55. The Morgan fingerprint density at radius 1 is 1.33 bits per heavy atom. The van der Waals surface area contributed by atoms with Gasteiger partial charge in [0.25, 0.3) is 0 Å². The van der Waals surface area contributed by atoms with E-state index in [0.29, 0.717) is 6.04 Å². The molecule has 0 spiro atoms. The van der Waals surface area contributed by atoms with Gasteiger partial charge >= 0.3 is 0 Å². The molecule has 0 aromatic heterocycles. The SMILES string of the molecule is CCCNC1CCN(c2c(Br)cc(C)cc2Br)C1. The lowest BCUT2D eigenvalue weighted by Gasteiger charge is -2.22. The monoisotopic (exact) mass is 374 g/mol. The Morgan fingerprint density at radius 2 is 2.00 bits per heavy atom. The van der Waals surface area contributed by atoms with E-state index in [1.807, 2.05) is 0 Å². The van der Waals surface area contributed by atoms with Gasteiger partial charge in [0.1, 0.15) is 0 Å². The van der Waals surface area contributed by atoms with Crippen LogP contribution in [0.25, 0.3) is 0 Å². The maximum Gasteiger partial charge on any atom is 0.0655 e. The highest BCUT2D eigenvalue weighted by Crippen LogP contribution is 2.37. The Morgan fingerprint density at radius 3 is 2.61 bits per heavy atom. The van der Waals surface area contributed by atoms with Crippen molar-refractivity contribution in [1.82, 2.24) is 5.32 Å². The minimum atomic E-state index is 0.630. The molecule has 1 atom stereocenters. The quantitative estimate of drug-likeness (QED) is 0.852. The fourth-order valence-electron chi connectivity index (χ4n) is 2.47. The largest absolute Gasteiger partial charge is 0.368 e. The number of nitrogens with one attached hydrogen (secondary N) is 1. The molecule has 4 heteroatoms. The van der Waals surface area contributed by atoms with Gasteiger partial charge in [0, 0.05) is 28.1 Å². The molecule has 0 saturated carbocycles. The van der Waals surface area contributed by atoms with Crippen LogP contribution in [0.2, 0.25) is 0 Å². The van der Waals surface area contributed by atoms with Crippen LogP contribution in [0.4, 0.5) is 5.69 Å². The van der Waals surface area contributed by atoms with E-state index in [1.165, 1.54) is 33.0 Å². The lowest BCUT2D eigenvalue weighted by Crippen LogP contribution is -2.33. The fourth-order valence-corrected chi connectivity index (χ4v) is 4.39. The van der Waals surface area contributed by atoms with Gasteiger partial charge in [-0.05, 0) is 75.9 Å². The molecular formula is C14H20Br2N2. The van der Waals surface area contributed by atoms with Crippen LogP contribution in [0.5, 0.6) is 0 Å². The molecule has 0 aliphatic carbocycles. The first kappa shape index (κ1) is 14.4. The summed E-state index contributed by atoms with van der Waals surface area (Å²) in [6, 6.07) is 5.00. The van der Waals surface area contributed by atoms with Crippen molar-refractivity contribution >= 4 is 37.5 Å². The van der Waals surface area contributed by atoms with Crippen molar-refractivity contribution in [2.75, 3.05) is 24.5 Å². The third-order valence-corrected chi connectivity index (χ3v) is 4.56. The minimum Gasteiger partial charge on any atom is -0.368 e. The summed E-state index contributed by atoms with van der Waals surface area (Å²) >= 11 is 7.38. The molecule has 0 radical (unpaired) electrons. The van der Waals surface area contributed by atoms with Crippen molar-refractivity contribution in [3.63, 3.8) is 0 Å². The standard InChI is InChI=1S/C14H20Br2N2/c1-3-5-17-11-4-6-18(9-11)14-12(15)7-10(2)8-13(14)16/h7-8,11,17H,3-6,9H2,1-2H3. The van der Waals surface area contributed by atoms with Gasteiger partial charge in [-0.3, -0.25) is 0 Å². The van der Waals surface area contributed by atoms with Crippen LogP contribution in [-0.2, 0) is 0 Å². The summed E-state index contributed by atoms with van der Waals surface area (Å²) in [5.74, 6) is 0. The van der Waals surface area contributed by atoms with Crippen molar-refractivity contribution < 1.29 is 0 Å². The zero-order chi connectivity index (χ0) is 13.1.